The zero-order valence-corrected chi connectivity index (χ0v) is 21.0. The molecule has 3 rings (SSSR count). The number of amides is 1. The lowest BCUT2D eigenvalue weighted by Crippen LogP contribution is -2.14. The number of nitriles is 1. The van der Waals surface area contributed by atoms with Gasteiger partial charge in [-0.2, -0.15) is 5.26 Å². The van der Waals surface area contributed by atoms with Crippen molar-refractivity contribution in [2.75, 3.05) is 5.32 Å². The second-order valence-corrected chi connectivity index (χ2v) is 9.23. The van der Waals surface area contributed by atoms with Gasteiger partial charge in [-0.05, 0) is 95.1 Å². The van der Waals surface area contributed by atoms with Crippen LogP contribution in [-0.2, 0) is 11.4 Å². The predicted molar refractivity (Wildman–Crippen MR) is 138 cm³/mol. The maximum atomic E-state index is 12.6. The van der Waals surface area contributed by atoms with Crippen LogP contribution >= 0.6 is 45.8 Å². The molecule has 162 valence electrons. The molecule has 0 fully saturated rings. The van der Waals surface area contributed by atoms with Crippen molar-refractivity contribution in [1.29, 1.82) is 5.26 Å². The normalized spacial score (nSPS) is 11.1. The molecule has 0 aromatic heterocycles. The maximum absolute atomic E-state index is 12.6. The molecule has 0 saturated carbocycles. The van der Waals surface area contributed by atoms with Crippen molar-refractivity contribution in [3.63, 3.8) is 0 Å². The largest absolute Gasteiger partial charge is 0.486 e. The highest BCUT2D eigenvalue weighted by atomic mass is 127. The van der Waals surface area contributed by atoms with Gasteiger partial charge in [0.05, 0.1) is 10.0 Å². The highest BCUT2D eigenvalue weighted by Crippen LogP contribution is 2.35. The molecule has 7 heteroatoms. The Kier molecular flexibility index (Phi) is 8.19. The first-order chi connectivity index (χ1) is 15.3. The van der Waals surface area contributed by atoms with Gasteiger partial charge in [0.1, 0.15) is 18.2 Å². The van der Waals surface area contributed by atoms with Crippen LogP contribution in [0, 0.1) is 28.7 Å². The van der Waals surface area contributed by atoms with Crippen LogP contribution in [0.1, 0.15) is 22.3 Å². The Bertz CT molecular complexity index is 1210. The van der Waals surface area contributed by atoms with E-state index in [1.807, 2.05) is 62.4 Å². The zero-order valence-electron chi connectivity index (χ0n) is 17.4. The van der Waals surface area contributed by atoms with E-state index >= 15 is 0 Å². The van der Waals surface area contributed by atoms with Crippen LogP contribution in [0.2, 0.25) is 10.0 Å². The minimum atomic E-state index is -0.507. The van der Waals surface area contributed by atoms with E-state index in [2.05, 4.69) is 27.9 Å². The van der Waals surface area contributed by atoms with Gasteiger partial charge >= 0.3 is 0 Å². The van der Waals surface area contributed by atoms with Crippen LogP contribution in [0.25, 0.3) is 6.08 Å². The topological polar surface area (TPSA) is 62.1 Å². The Hall–Kier alpha value is -2.53. The molecule has 0 aliphatic heterocycles. The number of anilines is 1. The molecule has 0 aliphatic rings. The van der Waals surface area contributed by atoms with Gasteiger partial charge in [0.15, 0.2) is 5.75 Å². The van der Waals surface area contributed by atoms with E-state index in [9.17, 15) is 10.1 Å². The first kappa shape index (κ1) is 24.1. The van der Waals surface area contributed by atoms with Crippen molar-refractivity contribution in [2.45, 2.75) is 20.5 Å². The number of ether oxygens (including phenoxy) is 1. The number of nitrogens with one attached hydrogen (secondary N) is 1. The van der Waals surface area contributed by atoms with E-state index in [0.717, 1.165) is 20.3 Å². The Morgan fingerprint density at radius 1 is 1.09 bits per heavy atom. The summed E-state index contributed by atoms with van der Waals surface area (Å²) in [4.78, 5) is 12.6. The first-order valence-corrected chi connectivity index (χ1v) is 11.5. The fraction of sp³-hybridized carbons (Fsp3) is 0.120. The highest BCUT2D eigenvalue weighted by molar-refractivity contribution is 14.1. The van der Waals surface area contributed by atoms with Gasteiger partial charge in [-0.25, -0.2) is 0 Å². The van der Waals surface area contributed by atoms with Crippen molar-refractivity contribution < 1.29 is 9.53 Å². The number of carbonyl (C=O) groups is 1. The predicted octanol–water partition coefficient (Wildman–Crippen LogP) is 7.34. The summed E-state index contributed by atoms with van der Waals surface area (Å²) in [6.45, 7) is 4.13. The summed E-state index contributed by atoms with van der Waals surface area (Å²) in [5, 5.41) is 12.9. The lowest BCUT2D eigenvalue weighted by molar-refractivity contribution is -0.112. The smallest absolute Gasteiger partial charge is 0.266 e. The Morgan fingerprint density at radius 2 is 1.75 bits per heavy atom. The quantitative estimate of drug-likeness (QED) is 0.190. The van der Waals surface area contributed by atoms with Crippen molar-refractivity contribution in [3.8, 4) is 11.8 Å². The monoisotopic (exact) mass is 576 g/mol. The second-order valence-electron chi connectivity index (χ2n) is 7.17. The van der Waals surface area contributed by atoms with E-state index in [0.29, 0.717) is 33.7 Å². The third kappa shape index (κ3) is 6.26. The third-order valence-electron chi connectivity index (χ3n) is 4.63. The molecule has 0 unspecified atom stereocenters. The van der Waals surface area contributed by atoms with Crippen molar-refractivity contribution in [1.82, 2.24) is 0 Å². The molecule has 1 amide bonds. The second kappa shape index (κ2) is 10.9. The molecule has 3 aromatic rings. The zero-order chi connectivity index (χ0) is 23.3. The summed E-state index contributed by atoms with van der Waals surface area (Å²) in [5.74, 6) is -0.158. The van der Waals surface area contributed by atoms with Gasteiger partial charge in [-0.1, -0.05) is 47.5 Å². The molecular formula is C25H19Cl2IN2O2. The average molecular weight is 577 g/mol. The summed E-state index contributed by atoms with van der Waals surface area (Å²) in [5.41, 5.74) is 4.01. The van der Waals surface area contributed by atoms with Crippen LogP contribution in [0.15, 0.2) is 60.2 Å². The number of rotatable bonds is 6. The first-order valence-electron chi connectivity index (χ1n) is 9.63. The number of hydrogen-bond acceptors (Lipinski definition) is 3. The van der Waals surface area contributed by atoms with E-state index in [1.165, 1.54) is 6.08 Å². The molecule has 4 nitrogen and oxygen atoms in total. The van der Waals surface area contributed by atoms with Crippen LogP contribution in [0.5, 0.6) is 5.75 Å². The average Bonchev–Trinajstić information content (AvgIpc) is 2.75. The minimum absolute atomic E-state index is 0.0643. The number of aryl methyl sites for hydroxylation is 2. The van der Waals surface area contributed by atoms with Gasteiger partial charge in [0, 0.05) is 9.26 Å². The number of benzene rings is 3. The summed E-state index contributed by atoms with van der Waals surface area (Å²) >= 11 is 15.0. The molecule has 0 radical (unpaired) electrons. The summed E-state index contributed by atoms with van der Waals surface area (Å²) < 4.78 is 6.93. The number of hydrogen-bond donors (Lipinski definition) is 1. The van der Waals surface area contributed by atoms with Gasteiger partial charge in [-0.15, -0.1) is 0 Å². The van der Waals surface area contributed by atoms with Crippen LogP contribution < -0.4 is 10.1 Å². The third-order valence-corrected chi connectivity index (χ3v) is 5.92. The fourth-order valence-electron chi connectivity index (χ4n) is 2.91. The van der Waals surface area contributed by atoms with Gasteiger partial charge in [0.25, 0.3) is 5.91 Å². The van der Waals surface area contributed by atoms with E-state index in [-0.39, 0.29) is 5.57 Å². The molecule has 1 N–H and O–H groups in total. The van der Waals surface area contributed by atoms with E-state index in [4.69, 9.17) is 27.9 Å². The van der Waals surface area contributed by atoms with Crippen LogP contribution in [0.4, 0.5) is 5.69 Å². The maximum Gasteiger partial charge on any atom is 0.266 e. The fourth-order valence-corrected chi connectivity index (χ4v) is 3.88. The molecule has 32 heavy (non-hydrogen) atoms. The van der Waals surface area contributed by atoms with Gasteiger partial charge < -0.3 is 10.1 Å². The lowest BCUT2D eigenvalue weighted by Gasteiger charge is -2.12. The molecule has 0 heterocycles. The molecule has 0 saturated heterocycles. The molecular weight excluding hydrogens is 558 g/mol. The molecule has 0 atom stereocenters. The molecule has 0 aliphatic carbocycles. The van der Waals surface area contributed by atoms with Gasteiger partial charge in [-0.3, -0.25) is 4.79 Å². The number of carbonyl (C=O) groups excluding carboxylic acids is 1. The van der Waals surface area contributed by atoms with Crippen LogP contribution in [0.3, 0.4) is 0 Å². The van der Waals surface area contributed by atoms with E-state index < -0.39 is 5.91 Å². The standard InChI is InChI=1S/C25H19Cl2IN2O2/c1-15-3-4-16(2)23(9-15)30-25(31)19(13-29)10-18-11-21(26)24(22(27)12-18)32-14-17-5-7-20(28)8-6-17/h3-12H,14H2,1-2H3,(H,30,31)/b19-10+. The minimum Gasteiger partial charge on any atom is -0.486 e. The van der Waals surface area contributed by atoms with E-state index in [1.54, 1.807) is 12.1 Å². The summed E-state index contributed by atoms with van der Waals surface area (Å²) in [6.07, 6.45) is 1.45. The van der Waals surface area contributed by atoms with Gasteiger partial charge in [0.2, 0.25) is 0 Å². The SMILES string of the molecule is Cc1ccc(C)c(NC(=O)/C(C#N)=C/c2cc(Cl)c(OCc3ccc(I)cc3)c(Cl)c2)c1. The lowest BCUT2D eigenvalue weighted by atomic mass is 10.1. The van der Waals surface area contributed by atoms with Crippen molar-refractivity contribution >= 4 is 63.5 Å². The molecule has 3 aromatic carbocycles. The van der Waals surface area contributed by atoms with Crippen LogP contribution in [-0.4, -0.2) is 5.91 Å². The molecule has 0 bridgehead atoms. The highest BCUT2D eigenvalue weighted by Gasteiger charge is 2.14. The molecule has 0 spiro atoms. The summed E-state index contributed by atoms with van der Waals surface area (Å²) in [7, 11) is 0. The van der Waals surface area contributed by atoms with Crippen molar-refractivity contribution in [2.24, 2.45) is 0 Å². The Balaban J connectivity index is 1.78. The number of halogens is 3. The number of nitrogens with zero attached hydrogens (tertiary/aromatic N) is 1. The Morgan fingerprint density at radius 3 is 2.38 bits per heavy atom. The summed E-state index contributed by atoms with van der Waals surface area (Å²) in [6, 6.07) is 18.8. The van der Waals surface area contributed by atoms with Crippen molar-refractivity contribution in [3.05, 3.63) is 96.0 Å². The Labute approximate surface area is 210 Å².